The lowest BCUT2D eigenvalue weighted by molar-refractivity contribution is -0.134. The van der Waals surface area contributed by atoms with Crippen molar-refractivity contribution in [2.75, 3.05) is 19.6 Å². The fraction of sp³-hybridized carbons (Fsp3) is 0.750. The Bertz CT molecular complexity index is 257. The van der Waals surface area contributed by atoms with Crippen LogP contribution in [-0.4, -0.2) is 36.5 Å². The molecular formula is C12H20N2O. The van der Waals surface area contributed by atoms with Crippen molar-refractivity contribution in [2.24, 2.45) is 5.92 Å². The molecule has 1 aliphatic rings. The van der Waals surface area contributed by atoms with Crippen LogP contribution in [0, 0.1) is 18.3 Å². The Morgan fingerprint density at radius 3 is 2.93 bits per heavy atom. The van der Waals surface area contributed by atoms with Gasteiger partial charge in [0.2, 0.25) is 5.91 Å². The molecule has 0 aromatic carbocycles. The summed E-state index contributed by atoms with van der Waals surface area (Å²) in [4.78, 5) is 13.7. The van der Waals surface area contributed by atoms with Gasteiger partial charge in [-0.1, -0.05) is 12.8 Å². The number of piperidine rings is 1. The second kappa shape index (κ2) is 5.77. The van der Waals surface area contributed by atoms with Crippen molar-refractivity contribution in [3.8, 4) is 12.3 Å². The Morgan fingerprint density at radius 1 is 1.60 bits per heavy atom. The Balaban J connectivity index is 2.36. The highest BCUT2D eigenvalue weighted by Crippen LogP contribution is 2.21. The lowest BCUT2D eigenvalue weighted by Gasteiger charge is -2.36. The molecule has 15 heavy (non-hydrogen) atoms. The summed E-state index contributed by atoms with van der Waals surface area (Å²) in [6.07, 6.45) is 7.33. The lowest BCUT2D eigenvalue weighted by atomic mass is 9.93. The predicted molar refractivity (Wildman–Crippen MR) is 61.3 cm³/mol. The first-order chi connectivity index (χ1) is 7.15. The average molecular weight is 208 g/mol. The van der Waals surface area contributed by atoms with E-state index in [1.807, 2.05) is 4.90 Å². The van der Waals surface area contributed by atoms with Gasteiger partial charge in [0, 0.05) is 12.6 Å². The van der Waals surface area contributed by atoms with E-state index in [2.05, 4.69) is 25.1 Å². The van der Waals surface area contributed by atoms with Crippen LogP contribution < -0.4 is 5.32 Å². The number of rotatable bonds is 3. The molecule has 0 spiro atoms. The van der Waals surface area contributed by atoms with Gasteiger partial charge in [-0.25, -0.2) is 0 Å². The van der Waals surface area contributed by atoms with Gasteiger partial charge in [0.05, 0.1) is 13.1 Å². The summed E-state index contributed by atoms with van der Waals surface area (Å²) in [6, 6.07) is 0.369. The molecule has 1 fully saturated rings. The maximum atomic E-state index is 11.8. The van der Waals surface area contributed by atoms with Gasteiger partial charge in [0.15, 0.2) is 0 Å². The number of likely N-dealkylation sites (tertiary alicyclic amines) is 1. The quantitative estimate of drug-likeness (QED) is 0.551. The maximum absolute atomic E-state index is 11.8. The van der Waals surface area contributed by atoms with Gasteiger partial charge in [-0.05, 0) is 25.7 Å². The van der Waals surface area contributed by atoms with Crippen LogP contribution in [0.25, 0.3) is 0 Å². The second-order valence-corrected chi connectivity index (χ2v) is 4.37. The molecule has 1 heterocycles. The van der Waals surface area contributed by atoms with E-state index in [9.17, 15) is 4.79 Å². The predicted octanol–water partition coefficient (Wildman–Crippen LogP) is 0.856. The van der Waals surface area contributed by atoms with Crippen molar-refractivity contribution in [3.05, 3.63) is 0 Å². The summed E-state index contributed by atoms with van der Waals surface area (Å²) in [6.45, 7) is 6.08. The molecule has 1 rings (SSSR count). The van der Waals surface area contributed by atoms with Gasteiger partial charge in [-0.15, -0.1) is 6.42 Å². The Hall–Kier alpha value is -1.01. The lowest BCUT2D eigenvalue weighted by Crippen LogP contribution is -2.47. The molecule has 1 saturated heterocycles. The minimum Gasteiger partial charge on any atom is -0.339 e. The van der Waals surface area contributed by atoms with Crippen molar-refractivity contribution in [3.63, 3.8) is 0 Å². The number of hydrogen-bond acceptors (Lipinski definition) is 2. The van der Waals surface area contributed by atoms with Crippen molar-refractivity contribution < 1.29 is 4.79 Å². The number of nitrogens with zero attached hydrogens (tertiary/aromatic N) is 1. The van der Waals surface area contributed by atoms with E-state index in [1.54, 1.807) is 0 Å². The first-order valence-corrected chi connectivity index (χ1v) is 5.58. The van der Waals surface area contributed by atoms with Crippen molar-refractivity contribution in [1.82, 2.24) is 10.2 Å². The topological polar surface area (TPSA) is 32.3 Å². The third-order valence-electron chi connectivity index (χ3n) is 2.96. The van der Waals surface area contributed by atoms with E-state index in [4.69, 9.17) is 6.42 Å². The van der Waals surface area contributed by atoms with E-state index in [0.29, 0.717) is 19.1 Å². The number of carbonyl (C=O) groups excluding carboxylic acids is 1. The molecule has 0 saturated carbocycles. The number of hydrogen-bond donors (Lipinski definition) is 1. The highest BCUT2D eigenvalue weighted by molar-refractivity contribution is 5.78. The zero-order valence-electron chi connectivity index (χ0n) is 9.62. The van der Waals surface area contributed by atoms with E-state index in [0.717, 1.165) is 25.3 Å². The molecule has 2 unspecified atom stereocenters. The van der Waals surface area contributed by atoms with Crippen LogP contribution in [0.4, 0.5) is 0 Å². The largest absolute Gasteiger partial charge is 0.339 e. The van der Waals surface area contributed by atoms with E-state index < -0.39 is 0 Å². The maximum Gasteiger partial charge on any atom is 0.236 e. The normalized spacial score (nSPS) is 26.1. The second-order valence-electron chi connectivity index (χ2n) is 4.37. The number of terminal acetylenes is 1. The Morgan fingerprint density at radius 2 is 2.33 bits per heavy atom. The van der Waals surface area contributed by atoms with Crippen LogP contribution in [0.3, 0.4) is 0 Å². The summed E-state index contributed by atoms with van der Waals surface area (Å²) in [5, 5.41) is 2.94. The molecule has 0 radical (unpaired) electrons. The number of carbonyl (C=O) groups is 1. The summed E-state index contributed by atoms with van der Waals surface area (Å²) in [5.74, 6) is 3.37. The first kappa shape index (κ1) is 12.1. The van der Waals surface area contributed by atoms with Gasteiger partial charge in [-0.2, -0.15) is 0 Å². The SMILES string of the molecule is C#CCNCC(=O)N1CCC(C)CC1C. The summed E-state index contributed by atoms with van der Waals surface area (Å²) >= 11 is 0. The Kier molecular flexibility index (Phi) is 4.64. The molecule has 1 N–H and O–H groups in total. The third-order valence-corrected chi connectivity index (χ3v) is 2.96. The van der Waals surface area contributed by atoms with Crippen LogP contribution >= 0.6 is 0 Å². The summed E-state index contributed by atoms with van der Waals surface area (Å²) in [5.41, 5.74) is 0. The highest BCUT2D eigenvalue weighted by Gasteiger charge is 2.25. The van der Waals surface area contributed by atoms with Crippen LogP contribution in [0.1, 0.15) is 26.7 Å². The van der Waals surface area contributed by atoms with Crippen molar-refractivity contribution >= 4 is 5.91 Å². The van der Waals surface area contributed by atoms with Crippen molar-refractivity contribution in [2.45, 2.75) is 32.7 Å². The van der Waals surface area contributed by atoms with Gasteiger partial charge >= 0.3 is 0 Å². The summed E-state index contributed by atoms with van der Waals surface area (Å²) in [7, 11) is 0. The minimum absolute atomic E-state index is 0.171. The van der Waals surface area contributed by atoms with E-state index >= 15 is 0 Å². The van der Waals surface area contributed by atoms with Crippen molar-refractivity contribution in [1.29, 1.82) is 0 Å². The van der Waals surface area contributed by atoms with Crippen LogP contribution in [0.5, 0.6) is 0 Å². The summed E-state index contributed by atoms with van der Waals surface area (Å²) < 4.78 is 0. The van der Waals surface area contributed by atoms with Gasteiger partial charge in [-0.3, -0.25) is 10.1 Å². The zero-order chi connectivity index (χ0) is 11.3. The van der Waals surface area contributed by atoms with Crippen LogP contribution in [0.2, 0.25) is 0 Å². The average Bonchev–Trinajstić information content (AvgIpc) is 2.17. The molecule has 1 aliphatic heterocycles. The standard InChI is InChI=1S/C12H20N2O/c1-4-6-13-9-12(15)14-7-5-10(2)8-11(14)3/h1,10-11,13H,5-9H2,2-3H3. The fourth-order valence-corrected chi connectivity index (χ4v) is 2.12. The van der Waals surface area contributed by atoms with Crippen LogP contribution in [-0.2, 0) is 4.79 Å². The number of nitrogens with one attached hydrogen (secondary N) is 1. The Labute approximate surface area is 92.2 Å². The monoisotopic (exact) mass is 208 g/mol. The van der Waals surface area contributed by atoms with E-state index in [-0.39, 0.29) is 5.91 Å². The molecule has 3 nitrogen and oxygen atoms in total. The molecule has 84 valence electrons. The van der Waals surface area contributed by atoms with Gasteiger partial charge < -0.3 is 4.90 Å². The highest BCUT2D eigenvalue weighted by atomic mass is 16.2. The smallest absolute Gasteiger partial charge is 0.236 e. The molecular weight excluding hydrogens is 188 g/mol. The number of amides is 1. The van der Waals surface area contributed by atoms with E-state index in [1.165, 1.54) is 0 Å². The van der Waals surface area contributed by atoms with Gasteiger partial charge in [0.25, 0.3) is 0 Å². The molecule has 2 atom stereocenters. The fourth-order valence-electron chi connectivity index (χ4n) is 2.12. The molecule has 3 heteroatoms. The molecule has 1 amide bonds. The zero-order valence-corrected chi connectivity index (χ0v) is 9.62. The molecule has 0 aliphatic carbocycles. The third kappa shape index (κ3) is 3.56. The first-order valence-electron chi connectivity index (χ1n) is 5.58. The molecule has 0 aromatic heterocycles. The van der Waals surface area contributed by atoms with Gasteiger partial charge in [0.1, 0.15) is 0 Å². The molecule has 0 bridgehead atoms. The minimum atomic E-state index is 0.171. The van der Waals surface area contributed by atoms with Crippen LogP contribution in [0.15, 0.2) is 0 Å². The molecule has 0 aromatic rings.